The molecule has 2 rings (SSSR count). The predicted molar refractivity (Wildman–Crippen MR) is 54.6 cm³/mol. The van der Waals surface area contributed by atoms with Crippen LogP contribution in [0, 0.1) is 0 Å². The van der Waals surface area contributed by atoms with E-state index >= 15 is 0 Å². The second-order valence-corrected chi connectivity index (χ2v) is 3.35. The van der Waals surface area contributed by atoms with Crippen molar-refractivity contribution in [2.75, 3.05) is 0 Å². The van der Waals surface area contributed by atoms with Crippen molar-refractivity contribution in [1.82, 2.24) is 10.6 Å². The summed E-state index contributed by atoms with van der Waals surface area (Å²) >= 11 is 0. The lowest BCUT2D eigenvalue weighted by molar-refractivity contribution is 0.240. The van der Waals surface area contributed by atoms with Gasteiger partial charge in [0.1, 0.15) is 0 Å². The SMILES string of the molecule is CC1=CNC(=O)N[C@H]1c1ccccc1. The van der Waals surface area contributed by atoms with Crippen LogP contribution >= 0.6 is 0 Å². The number of rotatable bonds is 1. The first kappa shape index (κ1) is 8.81. The molecule has 0 aromatic heterocycles. The highest BCUT2D eigenvalue weighted by Gasteiger charge is 2.19. The van der Waals surface area contributed by atoms with E-state index in [1.165, 1.54) is 0 Å². The maximum atomic E-state index is 11.1. The Morgan fingerprint density at radius 3 is 2.64 bits per heavy atom. The zero-order chi connectivity index (χ0) is 9.97. The molecule has 1 aromatic carbocycles. The van der Waals surface area contributed by atoms with Crippen molar-refractivity contribution in [3.8, 4) is 0 Å². The minimum absolute atomic E-state index is 0.00458. The molecule has 0 saturated heterocycles. The van der Waals surface area contributed by atoms with E-state index in [1.807, 2.05) is 37.3 Å². The molecule has 2 amide bonds. The highest BCUT2D eigenvalue weighted by molar-refractivity contribution is 5.77. The minimum atomic E-state index is -0.149. The van der Waals surface area contributed by atoms with Gasteiger partial charge in [0, 0.05) is 6.20 Å². The molecule has 0 aliphatic carbocycles. The fourth-order valence-corrected chi connectivity index (χ4v) is 1.54. The predicted octanol–water partition coefficient (Wildman–Crippen LogP) is 1.94. The fraction of sp³-hybridized carbons (Fsp3) is 0.182. The van der Waals surface area contributed by atoms with Gasteiger partial charge in [0.15, 0.2) is 0 Å². The van der Waals surface area contributed by atoms with E-state index < -0.39 is 0 Å². The average molecular weight is 188 g/mol. The molecule has 3 heteroatoms. The van der Waals surface area contributed by atoms with Gasteiger partial charge in [-0.2, -0.15) is 0 Å². The first-order valence-corrected chi connectivity index (χ1v) is 4.56. The highest BCUT2D eigenvalue weighted by atomic mass is 16.2. The third-order valence-corrected chi connectivity index (χ3v) is 2.29. The molecule has 14 heavy (non-hydrogen) atoms. The standard InChI is InChI=1S/C11H12N2O/c1-8-7-12-11(14)13-10(8)9-5-3-2-4-6-9/h2-7,10H,1H3,(H2,12,13,14)/t10-/m1/s1. The van der Waals surface area contributed by atoms with Crippen LogP contribution in [0.3, 0.4) is 0 Å². The van der Waals surface area contributed by atoms with Crippen LogP contribution in [-0.2, 0) is 0 Å². The molecule has 1 atom stereocenters. The second-order valence-electron chi connectivity index (χ2n) is 3.35. The molecule has 1 heterocycles. The number of carbonyl (C=O) groups is 1. The van der Waals surface area contributed by atoms with Crippen molar-refractivity contribution in [2.24, 2.45) is 0 Å². The van der Waals surface area contributed by atoms with Gasteiger partial charge < -0.3 is 10.6 Å². The summed E-state index contributed by atoms with van der Waals surface area (Å²) < 4.78 is 0. The van der Waals surface area contributed by atoms with Crippen LogP contribution in [0.15, 0.2) is 42.1 Å². The van der Waals surface area contributed by atoms with E-state index in [1.54, 1.807) is 6.20 Å². The lowest BCUT2D eigenvalue weighted by Gasteiger charge is -2.24. The van der Waals surface area contributed by atoms with Crippen LogP contribution in [0.4, 0.5) is 4.79 Å². The molecule has 0 saturated carbocycles. The average Bonchev–Trinajstić information content (AvgIpc) is 2.23. The van der Waals surface area contributed by atoms with E-state index in [-0.39, 0.29) is 12.1 Å². The van der Waals surface area contributed by atoms with Crippen molar-refractivity contribution in [3.63, 3.8) is 0 Å². The van der Waals surface area contributed by atoms with Crippen LogP contribution in [0.5, 0.6) is 0 Å². The molecule has 0 bridgehead atoms. The van der Waals surface area contributed by atoms with Gasteiger partial charge in [0.05, 0.1) is 6.04 Å². The topological polar surface area (TPSA) is 41.1 Å². The molecule has 1 aliphatic heterocycles. The Morgan fingerprint density at radius 1 is 1.21 bits per heavy atom. The number of hydrogen-bond acceptors (Lipinski definition) is 1. The van der Waals surface area contributed by atoms with Gasteiger partial charge in [-0.1, -0.05) is 30.3 Å². The summed E-state index contributed by atoms with van der Waals surface area (Å²) in [6.07, 6.45) is 1.75. The Balaban J connectivity index is 2.30. The molecule has 0 unspecified atom stereocenters. The Labute approximate surface area is 82.8 Å². The fourth-order valence-electron chi connectivity index (χ4n) is 1.54. The molecule has 0 spiro atoms. The Bertz CT molecular complexity index is 370. The quantitative estimate of drug-likeness (QED) is 0.694. The molecule has 0 fully saturated rings. The first-order valence-electron chi connectivity index (χ1n) is 4.56. The largest absolute Gasteiger partial charge is 0.327 e. The summed E-state index contributed by atoms with van der Waals surface area (Å²) in [5.74, 6) is 0. The van der Waals surface area contributed by atoms with E-state index in [2.05, 4.69) is 10.6 Å². The first-order chi connectivity index (χ1) is 6.77. The van der Waals surface area contributed by atoms with Gasteiger partial charge in [-0.3, -0.25) is 0 Å². The summed E-state index contributed by atoms with van der Waals surface area (Å²) in [6.45, 7) is 1.99. The Hall–Kier alpha value is -1.77. The van der Waals surface area contributed by atoms with Gasteiger partial charge in [-0.15, -0.1) is 0 Å². The van der Waals surface area contributed by atoms with Crippen LogP contribution in [-0.4, -0.2) is 6.03 Å². The van der Waals surface area contributed by atoms with Crippen molar-refractivity contribution in [1.29, 1.82) is 0 Å². The number of carbonyl (C=O) groups excluding carboxylic acids is 1. The van der Waals surface area contributed by atoms with Crippen molar-refractivity contribution in [3.05, 3.63) is 47.7 Å². The minimum Gasteiger partial charge on any atom is -0.327 e. The van der Waals surface area contributed by atoms with Crippen LogP contribution < -0.4 is 10.6 Å². The van der Waals surface area contributed by atoms with Gasteiger partial charge in [-0.25, -0.2) is 4.79 Å². The lowest BCUT2D eigenvalue weighted by Crippen LogP contribution is -2.40. The summed E-state index contributed by atoms with van der Waals surface area (Å²) in [5, 5.41) is 5.48. The summed E-state index contributed by atoms with van der Waals surface area (Å²) in [4.78, 5) is 11.1. The molecule has 72 valence electrons. The Morgan fingerprint density at radius 2 is 1.93 bits per heavy atom. The number of benzene rings is 1. The zero-order valence-electron chi connectivity index (χ0n) is 7.95. The van der Waals surface area contributed by atoms with Gasteiger partial charge in [0.25, 0.3) is 0 Å². The molecular formula is C11H12N2O. The maximum Gasteiger partial charge on any atom is 0.319 e. The molecule has 3 nitrogen and oxygen atoms in total. The number of nitrogens with one attached hydrogen (secondary N) is 2. The normalized spacial score (nSPS) is 20.8. The van der Waals surface area contributed by atoms with Crippen molar-refractivity contribution < 1.29 is 4.79 Å². The van der Waals surface area contributed by atoms with E-state index in [0.717, 1.165) is 11.1 Å². The summed E-state index contributed by atoms with van der Waals surface area (Å²) in [6, 6.07) is 9.77. The highest BCUT2D eigenvalue weighted by Crippen LogP contribution is 2.21. The van der Waals surface area contributed by atoms with E-state index in [0.29, 0.717) is 0 Å². The third kappa shape index (κ3) is 1.62. The molecule has 1 aliphatic rings. The number of amides is 2. The van der Waals surface area contributed by atoms with Crippen molar-refractivity contribution in [2.45, 2.75) is 13.0 Å². The summed E-state index contributed by atoms with van der Waals surface area (Å²) in [7, 11) is 0. The van der Waals surface area contributed by atoms with Crippen LogP contribution in [0.1, 0.15) is 18.5 Å². The van der Waals surface area contributed by atoms with Crippen LogP contribution in [0.25, 0.3) is 0 Å². The van der Waals surface area contributed by atoms with Crippen LogP contribution in [0.2, 0.25) is 0 Å². The van der Waals surface area contributed by atoms with Gasteiger partial charge in [0.2, 0.25) is 0 Å². The molecule has 2 N–H and O–H groups in total. The van der Waals surface area contributed by atoms with Gasteiger partial charge in [-0.05, 0) is 18.1 Å². The summed E-state index contributed by atoms with van der Waals surface area (Å²) in [5.41, 5.74) is 2.21. The molecule has 1 aromatic rings. The van der Waals surface area contributed by atoms with E-state index in [9.17, 15) is 4.79 Å². The smallest absolute Gasteiger partial charge is 0.319 e. The molecule has 0 radical (unpaired) electrons. The zero-order valence-corrected chi connectivity index (χ0v) is 7.95. The molecular weight excluding hydrogens is 176 g/mol. The third-order valence-electron chi connectivity index (χ3n) is 2.29. The maximum absolute atomic E-state index is 11.1. The van der Waals surface area contributed by atoms with E-state index in [4.69, 9.17) is 0 Å². The monoisotopic (exact) mass is 188 g/mol. The second kappa shape index (κ2) is 3.54. The number of urea groups is 1. The lowest BCUT2D eigenvalue weighted by atomic mass is 10.00. The van der Waals surface area contributed by atoms with Gasteiger partial charge >= 0.3 is 6.03 Å². The number of hydrogen-bond donors (Lipinski definition) is 2. The van der Waals surface area contributed by atoms with Crippen molar-refractivity contribution >= 4 is 6.03 Å². The Kier molecular flexibility index (Phi) is 2.23.